The van der Waals surface area contributed by atoms with Crippen molar-refractivity contribution in [2.45, 2.75) is 11.4 Å². The molecule has 2 amide bonds. The lowest BCUT2D eigenvalue weighted by Gasteiger charge is -2.08. The number of nitrogens with two attached hydrogens (primary N) is 1. The number of anilines is 1. The first-order valence-corrected chi connectivity index (χ1v) is 8.63. The zero-order valence-electron chi connectivity index (χ0n) is 13.4. The molecule has 0 bridgehead atoms. The molecule has 0 heterocycles. The third-order valence-corrected chi connectivity index (χ3v) is 4.69. The second-order valence-corrected chi connectivity index (χ2v) is 6.79. The number of ether oxygens (including phenoxy) is 1. The molecule has 4 N–H and O–H groups in total. The summed E-state index contributed by atoms with van der Waals surface area (Å²) in [5.41, 5.74) is 6.45. The summed E-state index contributed by atoms with van der Waals surface area (Å²) in [5, 5.41) is 2.35. The van der Waals surface area contributed by atoms with E-state index in [1.54, 1.807) is 24.3 Å². The molecule has 2 aromatic carbocycles. The molecule has 2 aromatic rings. The monoisotopic (exact) mass is 363 g/mol. The predicted octanol–water partition coefficient (Wildman–Crippen LogP) is 1.44. The molecule has 0 radical (unpaired) electrons. The van der Waals surface area contributed by atoms with Crippen molar-refractivity contribution in [3.05, 3.63) is 59.7 Å². The molecule has 0 aromatic heterocycles. The van der Waals surface area contributed by atoms with Gasteiger partial charge in [-0.2, -0.15) is 0 Å². The van der Waals surface area contributed by atoms with Gasteiger partial charge in [-0.3, -0.25) is 0 Å². The van der Waals surface area contributed by atoms with Gasteiger partial charge in [-0.15, -0.1) is 0 Å². The van der Waals surface area contributed by atoms with Gasteiger partial charge in [0.2, 0.25) is 10.0 Å². The quantitative estimate of drug-likeness (QED) is 0.669. The van der Waals surface area contributed by atoms with Gasteiger partial charge >= 0.3 is 12.0 Å². The maximum absolute atomic E-state index is 12.3. The van der Waals surface area contributed by atoms with Crippen LogP contribution in [0.4, 0.5) is 10.5 Å². The zero-order valence-corrected chi connectivity index (χ0v) is 14.2. The van der Waals surface area contributed by atoms with Crippen LogP contribution in [0, 0.1) is 0 Å². The van der Waals surface area contributed by atoms with E-state index in [9.17, 15) is 18.0 Å². The van der Waals surface area contributed by atoms with E-state index in [-0.39, 0.29) is 11.4 Å². The molecule has 0 aliphatic rings. The minimum Gasteiger partial charge on any atom is -0.465 e. The van der Waals surface area contributed by atoms with Crippen molar-refractivity contribution < 1.29 is 22.7 Å². The fraction of sp³-hybridized carbons (Fsp3) is 0.125. The van der Waals surface area contributed by atoms with Crippen LogP contribution in [0.2, 0.25) is 0 Å². The number of sulfonamides is 1. The number of hydrogen-bond acceptors (Lipinski definition) is 5. The van der Waals surface area contributed by atoms with Crippen molar-refractivity contribution in [3.63, 3.8) is 0 Å². The molecular weight excluding hydrogens is 346 g/mol. The van der Waals surface area contributed by atoms with Gasteiger partial charge in [0.15, 0.2) is 0 Å². The number of nitrogens with one attached hydrogen (secondary N) is 2. The second-order valence-electron chi connectivity index (χ2n) is 5.03. The Hall–Kier alpha value is -2.91. The number of esters is 1. The maximum atomic E-state index is 12.3. The smallest absolute Gasteiger partial charge is 0.337 e. The third-order valence-electron chi connectivity index (χ3n) is 3.27. The molecule has 0 aliphatic carbocycles. The number of amides is 2. The number of carbonyl (C=O) groups is 2. The van der Waals surface area contributed by atoms with Gasteiger partial charge in [-0.25, -0.2) is 22.7 Å². The van der Waals surface area contributed by atoms with Crippen LogP contribution in [0.15, 0.2) is 53.4 Å². The van der Waals surface area contributed by atoms with E-state index < -0.39 is 22.0 Å². The summed E-state index contributed by atoms with van der Waals surface area (Å²) < 4.78 is 31.6. The summed E-state index contributed by atoms with van der Waals surface area (Å²) >= 11 is 0. The summed E-state index contributed by atoms with van der Waals surface area (Å²) in [6, 6.07) is 11.2. The molecule has 0 fully saturated rings. The van der Waals surface area contributed by atoms with E-state index in [4.69, 9.17) is 5.73 Å². The number of urea groups is 1. The van der Waals surface area contributed by atoms with Gasteiger partial charge in [-0.1, -0.05) is 12.1 Å². The van der Waals surface area contributed by atoms with Crippen molar-refractivity contribution >= 4 is 27.7 Å². The normalized spacial score (nSPS) is 10.9. The van der Waals surface area contributed by atoms with Gasteiger partial charge in [-0.05, 0) is 42.0 Å². The minimum absolute atomic E-state index is 0.0497. The molecule has 0 saturated heterocycles. The Kier molecular flexibility index (Phi) is 5.73. The van der Waals surface area contributed by atoms with E-state index in [1.807, 2.05) is 0 Å². The molecule has 2 rings (SSSR count). The second kappa shape index (κ2) is 7.77. The highest BCUT2D eigenvalue weighted by Crippen LogP contribution is 2.14. The Morgan fingerprint density at radius 3 is 2.16 bits per heavy atom. The Bertz CT molecular complexity index is 862. The van der Waals surface area contributed by atoms with Crippen molar-refractivity contribution in [2.75, 3.05) is 12.4 Å². The first kappa shape index (κ1) is 18.4. The lowest BCUT2D eigenvalue weighted by molar-refractivity contribution is 0.0600. The number of hydrogen-bond donors (Lipinski definition) is 3. The van der Waals surface area contributed by atoms with Crippen LogP contribution in [0.5, 0.6) is 0 Å². The summed E-state index contributed by atoms with van der Waals surface area (Å²) in [4.78, 5) is 22.2. The molecule has 0 aliphatic heterocycles. The number of carbonyl (C=O) groups excluding carboxylic acids is 2. The molecule has 0 spiro atoms. The molecule has 8 nitrogen and oxygen atoms in total. The minimum atomic E-state index is -3.72. The zero-order chi connectivity index (χ0) is 18.4. The molecule has 0 saturated carbocycles. The summed E-state index contributed by atoms with van der Waals surface area (Å²) in [6.45, 7) is 0.0606. The summed E-state index contributed by atoms with van der Waals surface area (Å²) in [7, 11) is -2.43. The van der Waals surface area contributed by atoms with Crippen LogP contribution in [0.1, 0.15) is 15.9 Å². The SMILES string of the molecule is COC(=O)c1ccc(CNS(=O)(=O)c2ccc(NC(N)=O)cc2)cc1. The predicted molar refractivity (Wildman–Crippen MR) is 91.5 cm³/mol. The van der Waals surface area contributed by atoms with Gasteiger partial charge < -0.3 is 15.8 Å². The lowest BCUT2D eigenvalue weighted by Crippen LogP contribution is -2.23. The number of primary amides is 1. The highest BCUT2D eigenvalue weighted by atomic mass is 32.2. The van der Waals surface area contributed by atoms with E-state index in [2.05, 4.69) is 14.8 Å². The van der Waals surface area contributed by atoms with Crippen LogP contribution >= 0.6 is 0 Å². The highest BCUT2D eigenvalue weighted by molar-refractivity contribution is 7.89. The first-order chi connectivity index (χ1) is 11.8. The highest BCUT2D eigenvalue weighted by Gasteiger charge is 2.14. The topological polar surface area (TPSA) is 128 Å². The van der Waals surface area contributed by atoms with Crippen LogP contribution < -0.4 is 15.8 Å². The fourth-order valence-electron chi connectivity index (χ4n) is 2.00. The number of benzene rings is 2. The lowest BCUT2D eigenvalue weighted by atomic mass is 10.1. The number of methoxy groups -OCH3 is 1. The van der Waals surface area contributed by atoms with Crippen molar-refractivity contribution in [1.82, 2.24) is 4.72 Å². The first-order valence-electron chi connectivity index (χ1n) is 7.15. The van der Waals surface area contributed by atoms with E-state index >= 15 is 0 Å². The Morgan fingerprint density at radius 1 is 1.04 bits per heavy atom. The largest absolute Gasteiger partial charge is 0.465 e. The molecular formula is C16H17N3O5S. The fourth-order valence-corrected chi connectivity index (χ4v) is 3.02. The summed E-state index contributed by atoms with van der Waals surface area (Å²) in [5.74, 6) is -0.461. The van der Waals surface area contributed by atoms with Crippen molar-refractivity contribution in [3.8, 4) is 0 Å². The Balaban J connectivity index is 2.03. The van der Waals surface area contributed by atoms with Crippen LogP contribution in [0.25, 0.3) is 0 Å². The molecule has 0 unspecified atom stereocenters. The molecule has 132 valence electrons. The Labute approximate surface area is 145 Å². The van der Waals surface area contributed by atoms with Crippen LogP contribution in [0.3, 0.4) is 0 Å². The average molecular weight is 363 g/mol. The number of rotatable bonds is 6. The van der Waals surface area contributed by atoms with Crippen molar-refractivity contribution in [2.24, 2.45) is 5.73 Å². The Morgan fingerprint density at radius 2 is 1.64 bits per heavy atom. The van der Waals surface area contributed by atoms with Crippen molar-refractivity contribution in [1.29, 1.82) is 0 Å². The molecule has 0 atom stereocenters. The van der Waals surface area contributed by atoms with Gasteiger partial charge in [0, 0.05) is 12.2 Å². The third kappa shape index (κ3) is 5.03. The molecule has 25 heavy (non-hydrogen) atoms. The van der Waals surface area contributed by atoms with E-state index in [0.29, 0.717) is 16.8 Å². The van der Waals surface area contributed by atoms with Gasteiger partial charge in [0.05, 0.1) is 17.6 Å². The van der Waals surface area contributed by atoms with Crippen LogP contribution in [-0.4, -0.2) is 27.5 Å². The molecule has 9 heteroatoms. The standard InChI is InChI=1S/C16H17N3O5S/c1-24-15(20)12-4-2-11(3-5-12)10-18-25(22,23)14-8-6-13(7-9-14)19-16(17)21/h2-9,18H,10H2,1H3,(H3,17,19,21). The maximum Gasteiger partial charge on any atom is 0.337 e. The average Bonchev–Trinajstić information content (AvgIpc) is 2.60. The van der Waals surface area contributed by atoms with E-state index in [0.717, 1.165) is 0 Å². The van der Waals surface area contributed by atoms with Gasteiger partial charge in [0.25, 0.3) is 0 Å². The van der Waals surface area contributed by atoms with Crippen LogP contribution in [-0.2, 0) is 21.3 Å². The van der Waals surface area contributed by atoms with Gasteiger partial charge in [0.1, 0.15) is 0 Å². The van der Waals surface area contributed by atoms with E-state index in [1.165, 1.54) is 31.4 Å². The summed E-state index contributed by atoms with van der Waals surface area (Å²) in [6.07, 6.45) is 0.